The number of nitrogens with zero attached hydrogens (tertiary/aromatic N) is 5. The number of piperazine rings is 1. The van der Waals surface area contributed by atoms with Crippen molar-refractivity contribution in [3.8, 4) is 0 Å². The third-order valence-corrected chi connectivity index (χ3v) is 4.46. The van der Waals surface area contributed by atoms with Crippen LogP contribution in [0.25, 0.3) is 0 Å². The Kier molecular flexibility index (Phi) is 5.03. The molecular weight excluding hydrogens is 345 g/mol. The molecular formula is C17H19ClFN5O. The van der Waals surface area contributed by atoms with Crippen LogP contribution in [0.15, 0.2) is 30.3 Å². The first-order valence-corrected chi connectivity index (χ1v) is 8.34. The van der Waals surface area contributed by atoms with Gasteiger partial charge in [0.15, 0.2) is 11.6 Å². The van der Waals surface area contributed by atoms with E-state index in [0.717, 1.165) is 17.7 Å². The number of carbonyl (C=O) groups is 1. The molecule has 0 aliphatic carbocycles. The topological polar surface area (TPSA) is 52.6 Å². The predicted molar refractivity (Wildman–Crippen MR) is 95.9 cm³/mol. The maximum Gasteiger partial charge on any atom is 0.255 e. The van der Waals surface area contributed by atoms with Gasteiger partial charge in [0.05, 0.1) is 10.6 Å². The van der Waals surface area contributed by atoms with Gasteiger partial charge in [0, 0.05) is 40.3 Å². The maximum atomic E-state index is 13.1. The highest BCUT2D eigenvalue weighted by atomic mass is 35.5. The summed E-state index contributed by atoms with van der Waals surface area (Å²) in [6, 6.07) is 7.68. The number of hydrogen-bond acceptors (Lipinski definition) is 5. The van der Waals surface area contributed by atoms with Crippen LogP contribution in [0, 0.1) is 5.82 Å². The van der Waals surface area contributed by atoms with Crippen LogP contribution >= 0.6 is 11.6 Å². The predicted octanol–water partition coefficient (Wildman–Crippen LogP) is 2.30. The smallest absolute Gasteiger partial charge is 0.255 e. The summed E-state index contributed by atoms with van der Waals surface area (Å²) < 4.78 is 13.1. The standard InChI is InChI=1S/C17H19ClFN5O/c1-22(2)15-5-6-16(21-20-15)23-7-9-24(10-8-23)17(25)13-4-3-12(19)11-14(13)18/h3-6,11H,7-10H2,1-2H3. The fourth-order valence-corrected chi connectivity index (χ4v) is 2.95. The molecule has 6 nitrogen and oxygen atoms in total. The number of benzene rings is 1. The monoisotopic (exact) mass is 363 g/mol. The second-order valence-electron chi connectivity index (χ2n) is 6.05. The van der Waals surface area contributed by atoms with Gasteiger partial charge in [-0.15, -0.1) is 10.2 Å². The highest BCUT2D eigenvalue weighted by molar-refractivity contribution is 6.33. The zero-order valence-corrected chi connectivity index (χ0v) is 14.9. The summed E-state index contributed by atoms with van der Waals surface area (Å²) in [5, 5.41) is 8.56. The third-order valence-electron chi connectivity index (χ3n) is 4.15. The number of aromatic nitrogens is 2. The second-order valence-corrected chi connectivity index (χ2v) is 6.45. The van der Waals surface area contributed by atoms with Crippen LogP contribution in [0.2, 0.25) is 5.02 Å². The molecule has 1 aliphatic rings. The van der Waals surface area contributed by atoms with Gasteiger partial charge in [-0.2, -0.15) is 0 Å². The van der Waals surface area contributed by atoms with E-state index < -0.39 is 5.82 Å². The molecule has 25 heavy (non-hydrogen) atoms. The normalized spacial score (nSPS) is 14.6. The Morgan fingerprint density at radius 1 is 1.12 bits per heavy atom. The van der Waals surface area contributed by atoms with Crippen LogP contribution in [-0.4, -0.2) is 61.3 Å². The summed E-state index contributed by atoms with van der Waals surface area (Å²) in [4.78, 5) is 18.3. The van der Waals surface area contributed by atoms with Crippen LogP contribution in [0.3, 0.4) is 0 Å². The molecule has 8 heteroatoms. The van der Waals surface area contributed by atoms with Gasteiger partial charge in [0.25, 0.3) is 5.91 Å². The number of carbonyl (C=O) groups excluding carboxylic acids is 1. The molecule has 0 unspecified atom stereocenters. The Morgan fingerprint density at radius 3 is 2.40 bits per heavy atom. The van der Waals surface area contributed by atoms with E-state index in [1.165, 1.54) is 12.1 Å². The molecule has 1 aromatic heterocycles. The van der Waals surface area contributed by atoms with E-state index >= 15 is 0 Å². The molecule has 1 saturated heterocycles. The largest absolute Gasteiger partial charge is 0.361 e. The van der Waals surface area contributed by atoms with Crippen molar-refractivity contribution in [2.24, 2.45) is 0 Å². The fourth-order valence-electron chi connectivity index (χ4n) is 2.70. The minimum Gasteiger partial charge on any atom is -0.361 e. The summed E-state index contributed by atoms with van der Waals surface area (Å²) in [5.41, 5.74) is 0.326. The van der Waals surface area contributed by atoms with Gasteiger partial charge in [-0.3, -0.25) is 4.79 Å². The Hall–Kier alpha value is -2.41. The van der Waals surface area contributed by atoms with Crippen LogP contribution in [0.4, 0.5) is 16.0 Å². The lowest BCUT2D eigenvalue weighted by atomic mass is 10.1. The van der Waals surface area contributed by atoms with Gasteiger partial charge in [-0.05, 0) is 30.3 Å². The van der Waals surface area contributed by atoms with E-state index in [1.54, 1.807) is 4.90 Å². The molecule has 1 fully saturated rings. The van der Waals surface area contributed by atoms with Crippen molar-refractivity contribution >= 4 is 29.1 Å². The average Bonchev–Trinajstić information content (AvgIpc) is 2.61. The molecule has 0 radical (unpaired) electrons. The fraction of sp³-hybridized carbons (Fsp3) is 0.353. The van der Waals surface area contributed by atoms with Crippen molar-refractivity contribution < 1.29 is 9.18 Å². The van der Waals surface area contributed by atoms with E-state index in [4.69, 9.17) is 11.6 Å². The molecule has 132 valence electrons. The summed E-state index contributed by atoms with van der Waals surface area (Å²) in [7, 11) is 3.82. The maximum absolute atomic E-state index is 13.1. The van der Waals surface area contributed by atoms with Crippen molar-refractivity contribution in [3.05, 3.63) is 46.7 Å². The quantitative estimate of drug-likeness (QED) is 0.837. The van der Waals surface area contributed by atoms with E-state index in [-0.39, 0.29) is 10.9 Å². The van der Waals surface area contributed by atoms with Crippen molar-refractivity contribution in [2.45, 2.75) is 0 Å². The van der Waals surface area contributed by atoms with Gasteiger partial charge in [0.1, 0.15) is 5.82 Å². The van der Waals surface area contributed by atoms with E-state index in [0.29, 0.717) is 31.7 Å². The van der Waals surface area contributed by atoms with Gasteiger partial charge in [0.2, 0.25) is 0 Å². The molecule has 2 aromatic rings. The Labute approximate surface area is 150 Å². The molecule has 0 atom stereocenters. The minimum atomic E-state index is -0.453. The Balaban J connectivity index is 1.64. The zero-order valence-electron chi connectivity index (χ0n) is 14.1. The number of rotatable bonds is 3. The number of hydrogen-bond donors (Lipinski definition) is 0. The molecule has 0 spiro atoms. The molecule has 0 bridgehead atoms. The molecule has 1 aromatic carbocycles. The van der Waals surface area contributed by atoms with Crippen molar-refractivity contribution in [2.75, 3.05) is 50.1 Å². The minimum absolute atomic E-state index is 0.137. The van der Waals surface area contributed by atoms with Crippen molar-refractivity contribution in [1.29, 1.82) is 0 Å². The molecule has 1 aliphatic heterocycles. The van der Waals surface area contributed by atoms with Crippen LogP contribution in [0.1, 0.15) is 10.4 Å². The molecule has 3 rings (SSSR count). The molecule has 1 amide bonds. The van der Waals surface area contributed by atoms with Gasteiger partial charge < -0.3 is 14.7 Å². The van der Waals surface area contributed by atoms with Crippen molar-refractivity contribution in [3.63, 3.8) is 0 Å². The van der Waals surface area contributed by atoms with Crippen LogP contribution in [0.5, 0.6) is 0 Å². The van der Waals surface area contributed by atoms with E-state index in [9.17, 15) is 9.18 Å². The summed E-state index contributed by atoms with van der Waals surface area (Å²) >= 11 is 5.99. The molecule has 2 heterocycles. The van der Waals surface area contributed by atoms with E-state index in [2.05, 4.69) is 15.1 Å². The lowest BCUT2D eigenvalue weighted by Crippen LogP contribution is -2.49. The van der Waals surface area contributed by atoms with Gasteiger partial charge in [-0.1, -0.05) is 11.6 Å². The van der Waals surface area contributed by atoms with Crippen LogP contribution < -0.4 is 9.80 Å². The first kappa shape index (κ1) is 17.4. The lowest BCUT2D eigenvalue weighted by molar-refractivity contribution is 0.0746. The summed E-state index contributed by atoms with van der Waals surface area (Å²) in [5.74, 6) is 0.950. The zero-order chi connectivity index (χ0) is 18.0. The summed E-state index contributed by atoms with van der Waals surface area (Å²) in [6.45, 7) is 2.40. The highest BCUT2D eigenvalue weighted by Gasteiger charge is 2.24. The van der Waals surface area contributed by atoms with Gasteiger partial charge in [-0.25, -0.2) is 4.39 Å². The first-order chi connectivity index (χ1) is 12.0. The Morgan fingerprint density at radius 2 is 1.84 bits per heavy atom. The number of halogens is 2. The van der Waals surface area contributed by atoms with E-state index in [1.807, 2.05) is 31.1 Å². The highest BCUT2D eigenvalue weighted by Crippen LogP contribution is 2.21. The SMILES string of the molecule is CN(C)c1ccc(N2CCN(C(=O)c3ccc(F)cc3Cl)CC2)nn1. The number of amides is 1. The van der Waals surface area contributed by atoms with Gasteiger partial charge >= 0.3 is 0 Å². The molecule has 0 N–H and O–H groups in total. The lowest BCUT2D eigenvalue weighted by Gasteiger charge is -2.35. The summed E-state index contributed by atoms with van der Waals surface area (Å²) in [6.07, 6.45) is 0. The Bertz CT molecular complexity index is 760. The average molecular weight is 364 g/mol. The first-order valence-electron chi connectivity index (χ1n) is 7.96. The third kappa shape index (κ3) is 3.82. The van der Waals surface area contributed by atoms with Crippen molar-refractivity contribution in [1.82, 2.24) is 15.1 Å². The molecule has 0 saturated carbocycles. The second kappa shape index (κ2) is 7.23. The van der Waals surface area contributed by atoms with Crippen LogP contribution in [-0.2, 0) is 0 Å². The number of anilines is 2.